The number of carbonyl (C=O) groups excluding carboxylic acids is 1. The number of thioether (sulfide) groups is 1. The van der Waals surface area contributed by atoms with Gasteiger partial charge in [-0.05, 0) is 43.5 Å². The molecule has 0 spiro atoms. The van der Waals surface area contributed by atoms with Gasteiger partial charge in [0.15, 0.2) is 0 Å². The zero-order chi connectivity index (χ0) is 20.4. The molecule has 2 aromatic carbocycles. The highest BCUT2D eigenvalue weighted by atomic mass is 32.2. The lowest BCUT2D eigenvalue weighted by molar-refractivity contribution is -0.384. The highest BCUT2D eigenvalue weighted by molar-refractivity contribution is 7.99. The van der Waals surface area contributed by atoms with Crippen molar-refractivity contribution in [1.82, 2.24) is 14.8 Å². The van der Waals surface area contributed by atoms with Crippen molar-refractivity contribution in [2.24, 2.45) is 0 Å². The monoisotopic (exact) mass is 409 g/mol. The van der Waals surface area contributed by atoms with Crippen LogP contribution in [0.25, 0.3) is 5.69 Å². The minimum atomic E-state index is -0.499. The third-order valence-electron chi connectivity index (χ3n) is 4.51. The molecular formula is C20H19N5O3S. The molecule has 8 nitrogen and oxygen atoms in total. The summed E-state index contributed by atoms with van der Waals surface area (Å²) in [6.07, 6.45) is 2.18. The molecule has 3 aromatic rings. The van der Waals surface area contributed by atoms with Crippen molar-refractivity contribution < 1.29 is 9.72 Å². The van der Waals surface area contributed by atoms with Gasteiger partial charge in [-0.25, -0.2) is 9.67 Å². The SMILES string of the molecule is Cc1ccc(NC(=O)CSc2nc(C3CC3)n(-c3ccccc3)n2)c([N+](=O)[O-])c1. The molecule has 1 aromatic heterocycles. The summed E-state index contributed by atoms with van der Waals surface area (Å²) in [5.41, 5.74) is 1.76. The Balaban J connectivity index is 1.46. The molecule has 9 heteroatoms. The summed E-state index contributed by atoms with van der Waals surface area (Å²) >= 11 is 1.22. The molecule has 4 rings (SSSR count). The molecule has 0 aliphatic heterocycles. The number of rotatable bonds is 7. The van der Waals surface area contributed by atoms with E-state index in [9.17, 15) is 14.9 Å². The number of hydrogen-bond donors (Lipinski definition) is 1. The fourth-order valence-electron chi connectivity index (χ4n) is 2.95. The Morgan fingerprint density at radius 2 is 2.03 bits per heavy atom. The number of amides is 1. The predicted octanol–water partition coefficient (Wildman–Crippen LogP) is 4.09. The van der Waals surface area contributed by atoms with E-state index in [0.29, 0.717) is 11.1 Å². The normalized spacial score (nSPS) is 13.3. The minimum Gasteiger partial charge on any atom is -0.320 e. The average molecular weight is 409 g/mol. The number of para-hydroxylation sites is 1. The van der Waals surface area contributed by atoms with Crippen LogP contribution in [0.15, 0.2) is 53.7 Å². The first-order valence-corrected chi connectivity index (χ1v) is 10.2. The van der Waals surface area contributed by atoms with Gasteiger partial charge in [0.1, 0.15) is 11.5 Å². The van der Waals surface area contributed by atoms with E-state index in [4.69, 9.17) is 0 Å². The fraction of sp³-hybridized carbons (Fsp3) is 0.250. The molecule has 1 heterocycles. The van der Waals surface area contributed by atoms with Gasteiger partial charge >= 0.3 is 0 Å². The van der Waals surface area contributed by atoms with Gasteiger partial charge in [-0.3, -0.25) is 14.9 Å². The lowest BCUT2D eigenvalue weighted by atomic mass is 10.2. The van der Waals surface area contributed by atoms with Crippen molar-refractivity contribution in [1.29, 1.82) is 0 Å². The van der Waals surface area contributed by atoms with Crippen LogP contribution >= 0.6 is 11.8 Å². The van der Waals surface area contributed by atoms with Crippen LogP contribution in [0.4, 0.5) is 11.4 Å². The van der Waals surface area contributed by atoms with Crippen molar-refractivity contribution in [2.45, 2.75) is 30.8 Å². The molecule has 29 heavy (non-hydrogen) atoms. The second-order valence-corrected chi connectivity index (χ2v) is 7.83. The van der Waals surface area contributed by atoms with Crippen molar-refractivity contribution >= 4 is 29.0 Å². The summed E-state index contributed by atoms with van der Waals surface area (Å²) in [6, 6.07) is 14.5. The first-order valence-electron chi connectivity index (χ1n) is 9.21. The Bertz CT molecular complexity index is 1060. The van der Waals surface area contributed by atoms with E-state index in [2.05, 4.69) is 15.4 Å². The molecule has 1 N–H and O–H groups in total. The predicted molar refractivity (Wildman–Crippen MR) is 111 cm³/mol. The largest absolute Gasteiger partial charge is 0.320 e. The van der Waals surface area contributed by atoms with Crippen LogP contribution in [0.2, 0.25) is 0 Å². The quantitative estimate of drug-likeness (QED) is 0.358. The zero-order valence-electron chi connectivity index (χ0n) is 15.7. The van der Waals surface area contributed by atoms with Crippen LogP contribution in [-0.4, -0.2) is 31.3 Å². The third kappa shape index (κ3) is 4.45. The molecule has 148 valence electrons. The lowest BCUT2D eigenvalue weighted by Gasteiger charge is -2.06. The van der Waals surface area contributed by atoms with Gasteiger partial charge in [-0.2, -0.15) is 0 Å². The number of carbonyl (C=O) groups is 1. The Kier molecular flexibility index (Phi) is 5.30. The summed E-state index contributed by atoms with van der Waals surface area (Å²) in [4.78, 5) is 27.7. The Morgan fingerprint density at radius 3 is 2.72 bits per heavy atom. The van der Waals surface area contributed by atoms with Crippen LogP contribution in [-0.2, 0) is 4.79 Å². The third-order valence-corrected chi connectivity index (χ3v) is 5.35. The summed E-state index contributed by atoms with van der Waals surface area (Å²) in [7, 11) is 0. The molecule has 1 amide bonds. The molecule has 1 fully saturated rings. The lowest BCUT2D eigenvalue weighted by Crippen LogP contribution is -2.15. The maximum Gasteiger partial charge on any atom is 0.293 e. The molecule has 1 aliphatic rings. The molecule has 0 unspecified atom stereocenters. The topological polar surface area (TPSA) is 103 Å². The smallest absolute Gasteiger partial charge is 0.293 e. The summed E-state index contributed by atoms with van der Waals surface area (Å²) < 4.78 is 1.84. The van der Waals surface area contributed by atoms with Crippen LogP contribution in [0.1, 0.15) is 30.1 Å². The maximum absolute atomic E-state index is 12.3. The zero-order valence-corrected chi connectivity index (χ0v) is 16.6. The van der Waals surface area contributed by atoms with E-state index in [1.807, 2.05) is 35.0 Å². The van der Waals surface area contributed by atoms with Gasteiger partial charge in [0.25, 0.3) is 5.69 Å². The number of anilines is 1. The number of nitrogens with zero attached hydrogens (tertiary/aromatic N) is 4. The Morgan fingerprint density at radius 1 is 1.28 bits per heavy atom. The first kappa shape index (κ1) is 19.1. The van der Waals surface area contributed by atoms with Gasteiger partial charge in [-0.1, -0.05) is 36.0 Å². The van der Waals surface area contributed by atoms with Crippen LogP contribution in [0, 0.1) is 17.0 Å². The van der Waals surface area contributed by atoms with Gasteiger partial charge in [-0.15, -0.1) is 5.10 Å². The molecule has 0 atom stereocenters. The molecule has 0 saturated heterocycles. The van der Waals surface area contributed by atoms with Crippen LogP contribution in [0.3, 0.4) is 0 Å². The number of hydrogen-bond acceptors (Lipinski definition) is 6. The minimum absolute atomic E-state index is 0.0634. The van der Waals surface area contributed by atoms with Gasteiger partial charge < -0.3 is 5.32 Å². The van der Waals surface area contributed by atoms with E-state index in [-0.39, 0.29) is 23.0 Å². The molecule has 0 bridgehead atoms. The molecule has 1 saturated carbocycles. The standard InChI is InChI=1S/C20H19N5O3S/c1-13-7-10-16(17(11-13)25(27)28)21-18(26)12-29-20-22-19(14-8-9-14)24(23-20)15-5-3-2-4-6-15/h2-7,10-11,14H,8-9,12H2,1H3,(H,21,26). The highest BCUT2D eigenvalue weighted by Crippen LogP contribution is 2.40. The molecule has 0 radical (unpaired) electrons. The number of aryl methyl sites for hydroxylation is 1. The van der Waals surface area contributed by atoms with E-state index < -0.39 is 4.92 Å². The van der Waals surface area contributed by atoms with Gasteiger partial charge in [0.05, 0.1) is 16.4 Å². The van der Waals surface area contributed by atoms with Crippen molar-refractivity contribution in [3.63, 3.8) is 0 Å². The van der Waals surface area contributed by atoms with Crippen molar-refractivity contribution in [3.8, 4) is 5.69 Å². The second-order valence-electron chi connectivity index (χ2n) is 6.89. The van der Waals surface area contributed by atoms with E-state index in [0.717, 1.165) is 29.9 Å². The second kappa shape index (κ2) is 8.04. The summed E-state index contributed by atoms with van der Waals surface area (Å²) in [6.45, 7) is 1.76. The number of nitro benzene ring substituents is 1. The summed E-state index contributed by atoms with van der Waals surface area (Å²) in [5.74, 6) is 1.04. The fourth-order valence-corrected chi connectivity index (χ4v) is 3.58. The number of aromatic nitrogens is 3. The van der Waals surface area contributed by atoms with Gasteiger partial charge in [0, 0.05) is 12.0 Å². The van der Waals surface area contributed by atoms with E-state index in [1.54, 1.807) is 19.1 Å². The Labute approximate surface area is 171 Å². The van der Waals surface area contributed by atoms with Crippen molar-refractivity contribution in [3.05, 3.63) is 70.0 Å². The number of nitro groups is 1. The number of nitrogens with one attached hydrogen (secondary N) is 1. The first-order chi connectivity index (χ1) is 14.0. The maximum atomic E-state index is 12.3. The molecular weight excluding hydrogens is 390 g/mol. The van der Waals surface area contributed by atoms with Gasteiger partial charge in [0.2, 0.25) is 11.1 Å². The van der Waals surface area contributed by atoms with Crippen molar-refractivity contribution in [2.75, 3.05) is 11.1 Å². The summed E-state index contributed by atoms with van der Waals surface area (Å²) in [5, 5.41) is 18.9. The van der Waals surface area contributed by atoms with Crippen LogP contribution < -0.4 is 5.32 Å². The van der Waals surface area contributed by atoms with E-state index in [1.165, 1.54) is 17.8 Å². The molecule has 1 aliphatic carbocycles. The highest BCUT2D eigenvalue weighted by Gasteiger charge is 2.30. The average Bonchev–Trinajstić information content (AvgIpc) is 3.47. The van der Waals surface area contributed by atoms with Crippen LogP contribution in [0.5, 0.6) is 0 Å². The van der Waals surface area contributed by atoms with E-state index >= 15 is 0 Å². The number of benzene rings is 2. The Hall–Kier alpha value is -3.20.